The Morgan fingerprint density at radius 3 is 2.96 bits per heavy atom. The summed E-state index contributed by atoms with van der Waals surface area (Å²) in [4.78, 5) is 14.1. The number of aromatic nitrogens is 2. The third-order valence-corrected chi connectivity index (χ3v) is 5.85. The number of amides is 1. The molecule has 0 saturated carbocycles. The quantitative estimate of drug-likeness (QED) is 0.825. The van der Waals surface area contributed by atoms with Gasteiger partial charge in [0, 0.05) is 6.07 Å². The van der Waals surface area contributed by atoms with E-state index < -0.39 is 9.84 Å². The molecule has 1 fully saturated rings. The fourth-order valence-corrected chi connectivity index (χ4v) is 4.70. The Kier molecular flexibility index (Phi) is 4.96. The number of anilines is 1. The second-order valence-electron chi connectivity index (χ2n) is 6.47. The first-order valence-corrected chi connectivity index (χ1v) is 9.92. The van der Waals surface area contributed by atoms with Crippen LogP contribution in [0.25, 0.3) is 0 Å². The van der Waals surface area contributed by atoms with Crippen LogP contribution in [-0.2, 0) is 21.2 Å². The molecule has 1 saturated heterocycles. The Morgan fingerprint density at radius 1 is 1.52 bits per heavy atom. The first-order chi connectivity index (χ1) is 11.8. The molecule has 0 aliphatic carbocycles. The van der Waals surface area contributed by atoms with Crippen LogP contribution in [0.1, 0.15) is 23.9 Å². The van der Waals surface area contributed by atoms with Crippen molar-refractivity contribution in [1.29, 1.82) is 0 Å². The van der Waals surface area contributed by atoms with Crippen molar-refractivity contribution in [2.45, 2.75) is 25.9 Å². The van der Waals surface area contributed by atoms with Crippen LogP contribution in [0.2, 0.25) is 0 Å². The Hall–Kier alpha value is -2.13. The van der Waals surface area contributed by atoms with E-state index in [4.69, 9.17) is 4.42 Å². The molecule has 0 spiro atoms. The molecule has 1 aliphatic heterocycles. The molecule has 8 nitrogen and oxygen atoms in total. The van der Waals surface area contributed by atoms with Crippen LogP contribution < -0.4 is 5.32 Å². The number of hydrogen-bond acceptors (Lipinski definition) is 6. The molecular formula is C16H22N4O4S. The Balaban J connectivity index is 1.63. The van der Waals surface area contributed by atoms with Crippen molar-refractivity contribution in [2.75, 3.05) is 30.4 Å². The molecule has 2 aromatic heterocycles. The Labute approximate surface area is 146 Å². The third-order valence-electron chi connectivity index (χ3n) is 4.10. The van der Waals surface area contributed by atoms with Crippen LogP contribution in [0.4, 0.5) is 5.82 Å². The number of sulfone groups is 1. The van der Waals surface area contributed by atoms with Gasteiger partial charge in [0.25, 0.3) is 0 Å². The molecule has 3 heterocycles. The predicted molar refractivity (Wildman–Crippen MR) is 92.9 cm³/mol. The van der Waals surface area contributed by atoms with Gasteiger partial charge in [0.05, 0.1) is 42.6 Å². The van der Waals surface area contributed by atoms with Crippen molar-refractivity contribution in [3.8, 4) is 0 Å². The summed E-state index contributed by atoms with van der Waals surface area (Å²) in [5, 5.41) is 7.20. The highest BCUT2D eigenvalue weighted by Crippen LogP contribution is 2.27. The Bertz CT molecular complexity index is 842. The highest BCUT2D eigenvalue weighted by Gasteiger charge is 2.31. The number of rotatable bonds is 6. The highest BCUT2D eigenvalue weighted by atomic mass is 32.2. The lowest BCUT2D eigenvalue weighted by Crippen LogP contribution is -2.30. The van der Waals surface area contributed by atoms with Gasteiger partial charge in [0.15, 0.2) is 9.84 Å². The third kappa shape index (κ3) is 4.49. The van der Waals surface area contributed by atoms with E-state index >= 15 is 0 Å². The summed E-state index contributed by atoms with van der Waals surface area (Å²) < 4.78 is 30.3. The maximum Gasteiger partial charge on any atom is 0.239 e. The number of hydrogen-bond donors (Lipinski definition) is 1. The molecule has 9 heteroatoms. The fourth-order valence-electron chi connectivity index (χ4n) is 3.01. The predicted octanol–water partition coefficient (Wildman–Crippen LogP) is 1.21. The first-order valence-electron chi connectivity index (χ1n) is 8.10. The topological polar surface area (TPSA) is 97.4 Å². The van der Waals surface area contributed by atoms with E-state index in [1.165, 1.54) is 0 Å². The summed E-state index contributed by atoms with van der Waals surface area (Å²) >= 11 is 0. The normalized spacial score (nSPS) is 19.4. The molecule has 0 bridgehead atoms. The number of carbonyl (C=O) groups is 1. The molecule has 2 aromatic rings. The minimum atomic E-state index is -3.02. The number of nitrogens with one attached hydrogen (secondary N) is 1. The standard InChI is InChI=1S/C16H22N4O4S/c1-12-8-15(20(18-12)13-5-7-25(22,23)11-13)17-16(21)10-19(2)9-14-4-3-6-24-14/h3-4,6,8,13H,5,7,9-11H2,1-2H3,(H,17,21)/t13-/m1/s1. The zero-order valence-corrected chi connectivity index (χ0v) is 15.1. The second-order valence-corrected chi connectivity index (χ2v) is 8.70. The molecule has 1 atom stereocenters. The lowest BCUT2D eigenvalue weighted by molar-refractivity contribution is -0.117. The number of furan rings is 1. The summed E-state index contributed by atoms with van der Waals surface area (Å²) in [5.74, 6) is 1.37. The van der Waals surface area contributed by atoms with E-state index in [0.29, 0.717) is 18.8 Å². The van der Waals surface area contributed by atoms with Crippen molar-refractivity contribution in [3.05, 3.63) is 35.9 Å². The molecule has 25 heavy (non-hydrogen) atoms. The summed E-state index contributed by atoms with van der Waals surface area (Å²) in [6.45, 7) is 2.53. The number of likely N-dealkylation sites (N-methyl/N-ethyl adjacent to an activating group) is 1. The van der Waals surface area contributed by atoms with Gasteiger partial charge in [-0.3, -0.25) is 9.69 Å². The number of carbonyl (C=O) groups excluding carboxylic acids is 1. The monoisotopic (exact) mass is 366 g/mol. The smallest absolute Gasteiger partial charge is 0.239 e. The lowest BCUT2D eigenvalue weighted by Gasteiger charge is -2.17. The van der Waals surface area contributed by atoms with E-state index in [1.54, 1.807) is 23.1 Å². The average Bonchev–Trinajstić information content (AvgIpc) is 3.20. The number of nitrogens with zero attached hydrogens (tertiary/aromatic N) is 3. The zero-order valence-electron chi connectivity index (χ0n) is 14.3. The van der Waals surface area contributed by atoms with Gasteiger partial charge in [-0.05, 0) is 32.5 Å². The molecular weight excluding hydrogens is 344 g/mol. The van der Waals surface area contributed by atoms with Crippen LogP contribution in [0.5, 0.6) is 0 Å². The van der Waals surface area contributed by atoms with E-state index in [0.717, 1.165) is 11.5 Å². The van der Waals surface area contributed by atoms with Crippen molar-refractivity contribution < 1.29 is 17.6 Å². The van der Waals surface area contributed by atoms with Gasteiger partial charge in [-0.15, -0.1) is 0 Å². The largest absolute Gasteiger partial charge is 0.468 e. The van der Waals surface area contributed by atoms with E-state index in [-0.39, 0.29) is 30.0 Å². The fraction of sp³-hybridized carbons (Fsp3) is 0.500. The van der Waals surface area contributed by atoms with Gasteiger partial charge >= 0.3 is 0 Å². The molecule has 0 radical (unpaired) electrons. The summed E-state index contributed by atoms with van der Waals surface area (Å²) in [6.07, 6.45) is 2.12. The maximum atomic E-state index is 12.3. The van der Waals surface area contributed by atoms with Crippen molar-refractivity contribution in [1.82, 2.24) is 14.7 Å². The van der Waals surface area contributed by atoms with Crippen molar-refractivity contribution in [2.24, 2.45) is 0 Å². The molecule has 0 unspecified atom stereocenters. The molecule has 1 amide bonds. The second kappa shape index (κ2) is 7.01. The van der Waals surface area contributed by atoms with Gasteiger partial charge in [0.1, 0.15) is 11.6 Å². The minimum Gasteiger partial charge on any atom is -0.468 e. The molecule has 3 rings (SSSR count). The summed E-state index contributed by atoms with van der Waals surface area (Å²) in [7, 11) is -1.19. The highest BCUT2D eigenvalue weighted by molar-refractivity contribution is 7.91. The maximum absolute atomic E-state index is 12.3. The Morgan fingerprint density at radius 2 is 2.32 bits per heavy atom. The van der Waals surface area contributed by atoms with Gasteiger partial charge in [0.2, 0.25) is 5.91 Å². The van der Waals surface area contributed by atoms with E-state index in [2.05, 4.69) is 10.4 Å². The number of aryl methyl sites for hydroxylation is 1. The van der Waals surface area contributed by atoms with Crippen LogP contribution in [0.3, 0.4) is 0 Å². The summed E-state index contributed by atoms with van der Waals surface area (Å²) in [5.41, 5.74) is 0.739. The van der Waals surface area contributed by atoms with Gasteiger partial charge in [-0.25, -0.2) is 13.1 Å². The van der Waals surface area contributed by atoms with Gasteiger partial charge in [-0.2, -0.15) is 5.10 Å². The van der Waals surface area contributed by atoms with Crippen LogP contribution in [0.15, 0.2) is 28.9 Å². The molecule has 136 valence electrons. The molecule has 0 aromatic carbocycles. The van der Waals surface area contributed by atoms with E-state index in [9.17, 15) is 13.2 Å². The van der Waals surface area contributed by atoms with Gasteiger partial charge in [-0.1, -0.05) is 0 Å². The van der Waals surface area contributed by atoms with Crippen LogP contribution in [0, 0.1) is 6.92 Å². The van der Waals surface area contributed by atoms with Crippen molar-refractivity contribution >= 4 is 21.6 Å². The van der Waals surface area contributed by atoms with Gasteiger partial charge < -0.3 is 9.73 Å². The minimum absolute atomic E-state index is 0.0649. The molecule has 1 aliphatic rings. The molecule has 1 N–H and O–H groups in total. The van der Waals surface area contributed by atoms with Crippen molar-refractivity contribution in [3.63, 3.8) is 0 Å². The summed E-state index contributed by atoms with van der Waals surface area (Å²) in [6, 6.07) is 5.19. The average molecular weight is 366 g/mol. The van der Waals surface area contributed by atoms with Crippen LogP contribution in [-0.4, -0.2) is 54.1 Å². The lowest BCUT2D eigenvalue weighted by atomic mass is 10.3. The zero-order chi connectivity index (χ0) is 18.0. The SMILES string of the molecule is Cc1cc(NC(=O)CN(C)Cc2ccco2)n([C@@H]2CCS(=O)(=O)C2)n1. The van der Waals surface area contributed by atoms with E-state index in [1.807, 2.05) is 24.9 Å². The first kappa shape index (κ1) is 17.7. The van der Waals surface area contributed by atoms with Crippen LogP contribution >= 0.6 is 0 Å².